The van der Waals surface area contributed by atoms with Crippen molar-refractivity contribution in [2.24, 2.45) is 0 Å². The Kier molecular flexibility index (Phi) is 2.84. The maximum Gasteiger partial charge on any atom is 0.130 e. The predicted molar refractivity (Wildman–Crippen MR) is 64.6 cm³/mol. The average molecular weight is 237 g/mol. The molecule has 0 saturated heterocycles. The summed E-state index contributed by atoms with van der Waals surface area (Å²) < 4.78 is 0.570. The number of aryl methyl sites for hydroxylation is 1. The zero-order chi connectivity index (χ0) is 10.8. The number of benzene rings is 1. The topological polar surface area (TPSA) is 28.7 Å². The van der Waals surface area contributed by atoms with Gasteiger partial charge < -0.3 is 4.98 Å². The Hall–Kier alpha value is -1.19. The Morgan fingerprint density at radius 2 is 2.13 bits per heavy atom. The highest BCUT2D eigenvalue weighted by Gasteiger charge is 2.00. The predicted octanol–water partition coefficient (Wildman–Crippen LogP) is 3.77. The molecule has 0 aliphatic carbocycles. The Labute approximate surface area is 98.0 Å². The number of H-pyrrole nitrogens is 1. The summed E-state index contributed by atoms with van der Waals surface area (Å²) in [7, 11) is 0. The number of aromatic nitrogens is 2. The van der Waals surface area contributed by atoms with Gasteiger partial charge in [0.05, 0.1) is 6.33 Å². The largest absolute Gasteiger partial charge is 0.346 e. The van der Waals surface area contributed by atoms with Gasteiger partial charge in [-0.15, -0.1) is 0 Å². The molecule has 0 unspecified atom stereocenters. The average Bonchev–Trinajstić information content (AvgIpc) is 2.22. The minimum absolute atomic E-state index is 0.570. The Balaban J connectivity index is 2.55. The minimum Gasteiger partial charge on any atom is -0.346 e. The molecule has 0 fully saturated rings. The number of aromatic amines is 1. The van der Waals surface area contributed by atoms with Crippen molar-refractivity contribution in [2.75, 3.05) is 0 Å². The molecular formula is C11H9ClN2S. The van der Waals surface area contributed by atoms with Crippen LogP contribution in [-0.4, -0.2) is 9.97 Å². The van der Waals surface area contributed by atoms with Gasteiger partial charge in [0.25, 0.3) is 0 Å². The molecule has 0 atom stereocenters. The number of nitrogens with one attached hydrogen (secondary N) is 1. The monoisotopic (exact) mass is 236 g/mol. The van der Waals surface area contributed by atoms with E-state index in [0.717, 1.165) is 21.8 Å². The Bertz CT molecular complexity index is 548. The summed E-state index contributed by atoms with van der Waals surface area (Å²) >= 11 is 11.0. The molecule has 0 saturated carbocycles. The van der Waals surface area contributed by atoms with Crippen LogP contribution < -0.4 is 0 Å². The normalized spacial score (nSPS) is 10.3. The summed E-state index contributed by atoms with van der Waals surface area (Å²) in [6.07, 6.45) is 1.59. The number of hydrogen-bond donors (Lipinski definition) is 1. The van der Waals surface area contributed by atoms with E-state index in [1.807, 2.05) is 31.2 Å². The Morgan fingerprint density at radius 1 is 1.33 bits per heavy atom. The van der Waals surface area contributed by atoms with Crippen molar-refractivity contribution in [2.45, 2.75) is 6.92 Å². The minimum atomic E-state index is 0.570. The third-order valence-corrected chi connectivity index (χ3v) is 2.79. The van der Waals surface area contributed by atoms with Crippen molar-refractivity contribution >= 4 is 23.8 Å². The summed E-state index contributed by atoms with van der Waals surface area (Å²) in [5.41, 5.74) is 3.00. The third-order valence-electron chi connectivity index (χ3n) is 2.16. The molecular weight excluding hydrogens is 228 g/mol. The van der Waals surface area contributed by atoms with Gasteiger partial charge in [0.2, 0.25) is 0 Å². The molecule has 0 aliphatic rings. The summed E-state index contributed by atoms with van der Waals surface area (Å²) in [5, 5.41) is 0.753. The van der Waals surface area contributed by atoms with Gasteiger partial charge >= 0.3 is 0 Å². The first-order chi connectivity index (χ1) is 7.16. The van der Waals surface area contributed by atoms with E-state index in [4.69, 9.17) is 23.8 Å². The van der Waals surface area contributed by atoms with Crippen LogP contribution in [0.4, 0.5) is 0 Å². The third kappa shape index (κ3) is 2.25. The second-order valence-corrected chi connectivity index (χ2v) is 4.09. The molecule has 2 nitrogen and oxygen atoms in total. The van der Waals surface area contributed by atoms with Gasteiger partial charge in [-0.25, -0.2) is 4.98 Å². The number of rotatable bonds is 1. The molecule has 15 heavy (non-hydrogen) atoms. The molecule has 0 bridgehead atoms. The quantitative estimate of drug-likeness (QED) is 0.764. The molecule has 76 valence electrons. The SMILES string of the molecule is Cc1ccc(-c2cc(=S)nc[nH]2)cc1Cl. The van der Waals surface area contributed by atoms with Crippen molar-refractivity contribution in [3.8, 4) is 11.3 Å². The van der Waals surface area contributed by atoms with Crippen LogP contribution in [0.3, 0.4) is 0 Å². The van der Waals surface area contributed by atoms with Gasteiger partial charge in [-0.3, -0.25) is 0 Å². The fourth-order valence-electron chi connectivity index (χ4n) is 1.29. The van der Waals surface area contributed by atoms with Crippen LogP contribution in [-0.2, 0) is 0 Å². The Morgan fingerprint density at radius 3 is 2.80 bits per heavy atom. The van der Waals surface area contributed by atoms with Gasteiger partial charge in [-0.2, -0.15) is 0 Å². The summed E-state index contributed by atoms with van der Waals surface area (Å²) in [4.78, 5) is 6.97. The van der Waals surface area contributed by atoms with E-state index >= 15 is 0 Å². The van der Waals surface area contributed by atoms with Crippen LogP contribution in [0.1, 0.15) is 5.56 Å². The smallest absolute Gasteiger partial charge is 0.130 e. The number of halogens is 1. The maximum absolute atomic E-state index is 6.05. The molecule has 1 aromatic carbocycles. The fourth-order valence-corrected chi connectivity index (χ4v) is 1.65. The van der Waals surface area contributed by atoms with Gasteiger partial charge in [-0.1, -0.05) is 36.0 Å². The lowest BCUT2D eigenvalue weighted by Crippen LogP contribution is -1.86. The zero-order valence-corrected chi connectivity index (χ0v) is 9.69. The summed E-state index contributed by atoms with van der Waals surface area (Å²) in [6, 6.07) is 7.71. The first-order valence-corrected chi connectivity index (χ1v) is 5.27. The molecule has 0 radical (unpaired) electrons. The molecule has 1 N–H and O–H groups in total. The first-order valence-electron chi connectivity index (χ1n) is 4.48. The molecule has 1 heterocycles. The van der Waals surface area contributed by atoms with Crippen LogP contribution >= 0.6 is 23.8 Å². The van der Waals surface area contributed by atoms with E-state index in [0.29, 0.717) is 4.64 Å². The lowest BCUT2D eigenvalue weighted by molar-refractivity contribution is 1.15. The van der Waals surface area contributed by atoms with Gasteiger partial charge in [0, 0.05) is 10.7 Å². The number of nitrogens with zero attached hydrogens (tertiary/aromatic N) is 1. The van der Waals surface area contributed by atoms with Crippen molar-refractivity contribution in [3.63, 3.8) is 0 Å². The van der Waals surface area contributed by atoms with Crippen LogP contribution in [0.5, 0.6) is 0 Å². The van der Waals surface area contributed by atoms with Crippen LogP contribution in [0.15, 0.2) is 30.6 Å². The van der Waals surface area contributed by atoms with Gasteiger partial charge in [0.15, 0.2) is 0 Å². The number of hydrogen-bond acceptors (Lipinski definition) is 2. The van der Waals surface area contributed by atoms with E-state index in [9.17, 15) is 0 Å². The second kappa shape index (κ2) is 4.13. The van der Waals surface area contributed by atoms with Gasteiger partial charge in [-0.05, 0) is 30.2 Å². The summed E-state index contributed by atoms with van der Waals surface area (Å²) in [6.45, 7) is 1.97. The lowest BCUT2D eigenvalue weighted by atomic mass is 10.1. The van der Waals surface area contributed by atoms with E-state index in [2.05, 4.69) is 9.97 Å². The molecule has 0 amide bonds. The highest BCUT2D eigenvalue weighted by Crippen LogP contribution is 2.23. The molecule has 2 rings (SSSR count). The molecule has 1 aromatic heterocycles. The standard InChI is InChI=1S/C11H9ClN2S/c1-7-2-3-8(4-9(7)12)10-5-11(15)14-6-13-10/h2-6H,1H3,(H,13,14,15). The van der Waals surface area contributed by atoms with Crippen molar-refractivity contribution < 1.29 is 0 Å². The highest BCUT2D eigenvalue weighted by atomic mass is 35.5. The van der Waals surface area contributed by atoms with Gasteiger partial charge in [0.1, 0.15) is 4.64 Å². The van der Waals surface area contributed by atoms with E-state index in [-0.39, 0.29) is 0 Å². The zero-order valence-electron chi connectivity index (χ0n) is 8.12. The van der Waals surface area contributed by atoms with Crippen molar-refractivity contribution in [3.05, 3.63) is 45.8 Å². The molecule has 4 heteroatoms. The molecule has 2 aromatic rings. The van der Waals surface area contributed by atoms with Crippen LogP contribution in [0, 0.1) is 11.6 Å². The fraction of sp³-hybridized carbons (Fsp3) is 0.0909. The van der Waals surface area contributed by atoms with E-state index in [1.165, 1.54) is 0 Å². The van der Waals surface area contributed by atoms with Crippen molar-refractivity contribution in [1.29, 1.82) is 0 Å². The summed E-state index contributed by atoms with van der Waals surface area (Å²) in [5.74, 6) is 0. The maximum atomic E-state index is 6.05. The lowest BCUT2D eigenvalue weighted by Gasteiger charge is -2.03. The van der Waals surface area contributed by atoms with Crippen LogP contribution in [0.2, 0.25) is 5.02 Å². The van der Waals surface area contributed by atoms with E-state index < -0.39 is 0 Å². The van der Waals surface area contributed by atoms with Crippen molar-refractivity contribution in [1.82, 2.24) is 9.97 Å². The first kappa shape index (κ1) is 10.3. The van der Waals surface area contributed by atoms with Crippen LogP contribution in [0.25, 0.3) is 11.3 Å². The highest BCUT2D eigenvalue weighted by molar-refractivity contribution is 7.71. The second-order valence-electron chi connectivity index (χ2n) is 3.26. The van der Waals surface area contributed by atoms with E-state index in [1.54, 1.807) is 6.33 Å². The molecule has 0 aliphatic heterocycles. The molecule has 0 spiro atoms.